The summed E-state index contributed by atoms with van der Waals surface area (Å²) < 4.78 is 6.77. The second-order valence-electron chi connectivity index (χ2n) is 11.8. The molecule has 3 aliphatic heterocycles. The second kappa shape index (κ2) is 11.7. The van der Waals surface area contributed by atoms with Gasteiger partial charge in [0.05, 0.1) is 17.4 Å². The van der Waals surface area contributed by atoms with Crippen molar-refractivity contribution in [1.82, 2.24) is 15.5 Å². The zero-order chi connectivity index (χ0) is 27.5. The summed E-state index contributed by atoms with van der Waals surface area (Å²) in [5.41, 5.74) is -0.842. The Morgan fingerprint density at radius 1 is 1.16 bits per heavy atom. The predicted molar refractivity (Wildman–Crippen MR) is 145 cm³/mol. The molecule has 8 heteroatoms. The van der Waals surface area contributed by atoms with Crippen molar-refractivity contribution in [2.24, 2.45) is 17.8 Å². The molecule has 3 amide bonds. The largest absolute Gasteiger partial charge is 0.396 e. The summed E-state index contributed by atoms with van der Waals surface area (Å²) >= 11 is 0. The molecule has 1 aromatic carbocycles. The molecule has 3 N–H and O–H groups in total. The van der Waals surface area contributed by atoms with Crippen LogP contribution in [0.3, 0.4) is 0 Å². The standard InChI is InChI=1S/C30H45N3O5/c1-5-13-21(3)32-27(36)25-30-18-20(2)29(4,38-30)23(26(35)31-19-22-14-9-8-10-15-22)24(30)28(37)33(25)16-11-6-7-12-17-34/h8-10,14-15,20-21,23-25,34H,5-7,11-13,16-19H2,1-4H3,(H,31,35)(H,32,36)/t20?,21?,23-,24+,25?,29+,30?/m1/s1. The number of fused-ring (bicyclic) bond motifs is 1. The third-order valence-corrected chi connectivity index (χ3v) is 9.07. The van der Waals surface area contributed by atoms with Gasteiger partial charge in [0, 0.05) is 25.7 Å². The van der Waals surface area contributed by atoms with Crippen LogP contribution in [0.4, 0.5) is 0 Å². The Morgan fingerprint density at radius 3 is 2.55 bits per heavy atom. The quantitative estimate of drug-likeness (QED) is 0.342. The smallest absolute Gasteiger partial charge is 0.246 e. The van der Waals surface area contributed by atoms with Crippen molar-refractivity contribution < 1.29 is 24.2 Å². The molecule has 7 atom stereocenters. The molecular formula is C30H45N3O5. The van der Waals surface area contributed by atoms with Gasteiger partial charge in [-0.2, -0.15) is 0 Å². The van der Waals surface area contributed by atoms with Crippen LogP contribution in [0.1, 0.15) is 78.2 Å². The first-order chi connectivity index (χ1) is 18.2. The number of carbonyl (C=O) groups excluding carboxylic acids is 3. The first kappa shape index (κ1) is 28.6. The Bertz CT molecular complexity index is 1000. The molecule has 210 valence electrons. The fraction of sp³-hybridized carbons (Fsp3) is 0.700. The molecule has 4 rings (SSSR count). The topological polar surface area (TPSA) is 108 Å². The van der Waals surface area contributed by atoms with Gasteiger partial charge in [-0.25, -0.2) is 0 Å². The molecule has 0 aliphatic carbocycles. The summed E-state index contributed by atoms with van der Waals surface area (Å²) in [5, 5.41) is 15.3. The van der Waals surface area contributed by atoms with Crippen LogP contribution in [0, 0.1) is 17.8 Å². The highest BCUT2D eigenvalue weighted by atomic mass is 16.5. The maximum Gasteiger partial charge on any atom is 0.246 e. The molecule has 0 radical (unpaired) electrons. The minimum atomic E-state index is -1.01. The molecule has 4 unspecified atom stereocenters. The normalized spacial score (nSPS) is 32.3. The van der Waals surface area contributed by atoms with Gasteiger partial charge in [-0.15, -0.1) is 0 Å². The van der Waals surface area contributed by atoms with Crippen molar-refractivity contribution in [3.63, 3.8) is 0 Å². The first-order valence-electron chi connectivity index (χ1n) is 14.4. The van der Waals surface area contributed by atoms with E-state index < -0.39 is 29.1 Å². The lowest BCUT2D eigenvalue weighted by molar-refractivity contribution is -0.147. The zero-order valence-corrected chi connectivity index (χ0v) is 23.4. The number of rotatable bonds is 13. The van der Waals surface area contributed by atoms with E-state index in [-0.39, 0.29) is 36.3 Å². The number of nitrogens with one attached hydrogen (secondary N) is 2. The molecule has 8 nitrogen and oxygen atoms in total. The Hall–Kier alpha value is -2.45. The lowest BCUT2D eigenvalue weighted by atomic mass is 9.62. The van der Waals surface area contributed by atoms with Crippen molar-refractivity contribution in [3.8, 4) is 0 Å². The summed E-state index contributed by atoms with van der Waals surface area (Å²) in [4.78, 5) is 43.4. The van der Waals surface area contributed by atoms with Crippen LogP contribution >= 0.6 is 0 Å². The minimum absolute atomic E-state index is 0.0129. The Balaban J connectivity index is 1.62. The molecule has 1 spiro atoms. The predicted octanol–water partition coefficient (Wildman–Crippen LogP) is 3.17. The molecule has 38 heavy (non-hydrogen) atoms. The van der Waals surface area contributed by atoms with E-state index in [1.807, 2.05) is 44.2 Å². The van der Waals surface area contributed by atoms with Crippen LogP contribution < -0.4 is 10.6 Å². The zero-order valence-electron chi connectivity index (χ0n) is 23.4. The third-order valence-electron chi connectivity index (χ3n) is 9.07. The SMILES string of the molecule is CCCC(C)NC(=O)C1N(CCCCCCO)C(=O)[C@@H]2[C@H](C(=O)NCc3ccccc3)[C@@]3(C)OC12CC3C. The maximum absolute atomic E-state index is 14.1. The number of likely N-dealkylation sites (tertiary alicyclic amines) is 1. The summed E-state index contributed by atoms with van der Waals surface area (Å²) in [6.45, 7) is 9.05. The Kier molecular flexibility index (Phi) is 8.82. The summed E-state index contributed by atoms with van der Waals surface area (Å²) in [6, 6.07) is 8.95. The number of hydrogen-bond acceptors (Lipinski definition) is 5. The van der Waals surface area contributed by atoms with E-state index in [1.165, 1.54) is 0 Å². The van der Waals surface area contributed by atoms with Gasteiger partial charge in [0.25, 0.3) is 0 Å². The summed E-state index contributed by atoms with van der Waals surface area (Å²) in [7, 11) is 0. The highest BCUT2D eigenvalue weighted by molar-refractivity contribution is 5.99. The number of unbranched alkanes of at least 4 members (excludes halogenated alkanes) is 3. The molecule has 3 aliphatic rings. The van der Waals surface area contributed by atoms with Gasteiger partial charge in [0.1, 0.15) is 11.6 Å². The number of hydrogen-bond donors (Lipinski definition) is 3. The van der Waals surface area contributed by atoms with E-state index in [1.54, 1.807) is 4.90 Å². The average Bonchev–Trinajstić information content (AvgIpc) is 3.39. The van der Waals surface area contributed by atoms with Gasteiger partial charge >= 0.3 is 0 Å². The minimum Gasteiger partial charge on any atom is -0.396 e. The molecule has 3 heterocycles. The first-order valence-corrected chi connectivity index (χ1v) is 14.4. The van der Waals surface area contributed by atoms with Gasteiger partial charge in [0.2, 0.25) is 17.7 Å². The molecule has 3 fully saturated rings. The molecule has 1 aromatic rings. The molecule has 3 saturated heterocycles. The van der Waals surface area contributed by atoms with Crippen LogP contribution in [0.25, 0.3) is 0 Å². The van der Waals surface area contributed by atoms with Crippen molar-refractivity contribution in [1.29, 1.82) is 0 Å². The van der Waals surface area contributed by atoms with Crippen LogP contribution in [0.2, 0.25) is 0 Å². The lowest BCUT2D eigenvalue weighted by Crippen LogP contribution is -2.57. The molecule has 0 aromatic heterocycles. The van der Waals surface area contributed by atoms with Crippen molar-refractivity contribution in [2.45, 2.75) is 102 Å². The monoisotopic (exact) mass is 527 g/mol. The highest BCUT2D eigenvalue weighted by Gasteiger charge is 2.79. The molecule has 2 bridgehead atoms. The van der Waals surface area contributed by atoms with Gasteiger partial charge < -0.3 is 25.4 Å². The van der Waals surface area contributed by atoms with Crippen molar-refractivity contribution in [3.05, 3.63) is 35.9 Å². The van der Waals surface area contributed by atoms with E-state index in [4.69, 9.17) is 9.84 Å². The Labute approximate surface area is 226 Å². The number of amides is 3. The number of benzene rings is 1. The summed E-state index contributed by atoms with van der Waals surface area (Å²) in [6.07, 6.45) is 5.56. The van der Waals surface area contributed by atoms with Crippen LogP contribution in [-0.2, 0) is 25.7 Å². The number of ether oxygens (including phenoxy) is 1. The van der Waals surface area contributed by atoms with Crippen molar-refractivity contribution >= 4 is 17.7 Å². The fourth-order valence-electron chi connectivity index (χ4n) is 7.15. The number of aliphatic hydroxyl groups is 1. The highest BCUT2D eigenvalue weighted by Crippen LogP contribution is 2.65. The number of aliphatic hydroxyl groups excluding tert-OH is 1. The molecular weight excluding hydrogens is 482 g/mol. The van der Waals surface area contributed by atoms with E-state index in [0.29, 0.717) is 19.5 Å². The van der Waals surface area contributed by atoms with Gasteiger partial charge in [0.15, 0.2) is 0 Å². The van der Waals surface area contributed by atoms with Crippen LogP contribution in [0.5, 0.6) is 0 Å². The van der Waals surface area contributed by atoms with E-state index in [0.717, 1.165) is 44.1 Å². The number of carbonyl (C=O) groups is 3. The lowest BCUT2D eigenvalue weighted by Gasteiger charge is -2.36. The number of nitrogens with zero attached hydrogens (tertiary/aromatic N) is 1. The van der Waals surface area contributed by atoms with Crippen LogP contribution in [-0.4, -0.2) is 64.2 Å². The van der Waals surface area contributed by atoms with E-state index >= 15 is 0 Å². The van der Waals surface area contributed by atoms with Gasteiger partial charge in [-0.1, -0.05) is 63.4 Å². The Morgan fingerprint density at radius 2 is 1.87 bits per heavy atom. The van der Waals surface area contributed by atoms with Crippen molar-refractivity contribution in [2.75, 3.05) is 13.2 Å². The fourth-order valence-corrected chi connectivity index (χ4v) is 7.15. The van der Waals surface area contributed by atoms with Crippen LogP contribution in [0.15, 0.2) is 30.3 Å². The summed E-state index contributed by atoms with van der Waals surface area (Å²) in [5.74, 6) is -1.84. The second-order valence-corrected chi connectivity index (χ2v) is 11.8. The van der Waals surface area contributed by atoms with Gasteiger partial charge in [-0.05, 0) is 51.0 Å². The maximum atomic E-state index is 14.1. The van der Waals surface area contributed by atoms with E-state index in [2.05, 4.69) is 24.5 Å². The third kappa shape index (κ3) is 5.09. The molecule has 0 saturated carbocycles. The van der Waals surface area contributed by atoms with E-state index in [9.17, 15) is 14.4 Å². The average molecular weight is 528 g/mol. The van der Waals surface area contributed by atoms with Gasteiger partial charge in [-0.3, -0.25) is 14.4 Å².